The van der Waals surface area contributed by atoms with Gasteiger partial charge in [0.15, 0.2) is 0 Å². The number of unbranched alkanes of at least 4 members (excludes halogenated alkanes) is 9. The molecule has 3 heteroatoms. The van der Waals surface area contributed by atoms with Crippen molar-refractivity contribution in [2.45, 2.75) is 96.5 Å². The zero-order valence-corrected chi connectivity index (χ0v) is 13.7. The summed E-state index contributed by atoms with van der Waals surface area (Å²) in [6.45, 7) is 2.25. The average Bonchev–Trinajstić information content (AvgIpc) is 2.44. The Morgan fingerprint density at radius 2 is 1.52 bits per heavy atom. The highest BCUT2D eigenvalue weighted by molar-refractivity contribution is 5.66. The smallest absolute Gasteiger partial charge is 0.303 e. The van der Waals surface area contributed by atoms with Crippen LogP contribution in [0.15, 0.2) is 12.2 Å². The zero-order chi connectivity index (χ0) is 15.8. The molecule has 0 aromatic carbocycles. The minimum atomic E-state index is -0.791. The first-order chi connectivity index (χ1) is 10.2. The van der Waals surface area contributed by atoms with Gasteiger partial charge in [0.05, 0.1) is 6.10 Å². The van der Waals surface area contributed by atoms with Crippen molar-refractivity contribution >= 4 is 5.97 Å². The van der Waals surface area contributed by atoms with E-state index in [4.69, 9.17) is 5.11 Å². The van der Waals surface area contributed by atoms with Crippen LogP contribution < -0.4 is 0 Å². The summed E-state index contributed by atoms with van der Waals surface area (Å²) in [6.07, 6.45) is 17.6. The summed E-state index contributed by atoms with van der Waals surface area (Å²) in [7, 11) is 0. The van der Waals surface area contributed by atoms with Crippen LogP contribution >= 0.6 is 0 Å². The summed E-state index contributed by atoms with van der Waals surface area (Å²) in [4.78, 5) is 10.3. The molecule has 0 aromatic heterocycles. The number of aliphatic hydroxyl groups excluding tert-OH is 1. The van der Waals surface area contributed by atoms with E-state index in [0.717, 1.165) is 6.42 Å². The lowest BCUT2D eigenvalue weighted by Gasteiger charge is -2.03. The van der Waals surface area contributed by atoms with Crippen molar-refractivity contribution in [2.24, 2.45) is 0 Å². The van der Waals surface area contributed by atoms with Crippen LogP contribution in [0.5, 0.6) is 0 Å². The van der Waals surface area contributed by atoms with E-state index in [2.05, 4.69) is 6.92 Å². The van der Waals surface area contributed by atoms with Crippen molar-refractivity contribution in [2.75, 3.05) is 0 Å². The highest BCUT2D eigenvalue weighted by Gasteiger charge is 2.01. The van der Waals surface area contributed by atoms with Gasteiger partial charge in [0.1, 0.15) is 0 Å². The van der Waals surface area contributed by atoms with Crippen molar-refractivity contribution in [3.8, 4) is 0 Å². The molecule has 0 amide bonds. The second-order valence-corrected chi connectivity index (χ2v) is 5.90. The van der Waals surface area contributed by atoms with E-state index in [1.165, 1.54) is 57.8 Å². The number of allylic oxidation sites excluding steroid dienone is 1. The Kier molecular flexibility index (Phi) is 14.9. The van der Waals surface area contributed by atoms with Gasteiger partial charge in [-0.3, -0.25) is 4.79 Å². The molecule has 0 fully saturated rings. The number of aliphatic hydroxyl groups is 1. The SMILES string of the molecule is CCCCCCCCCCCC=CC(O)CCCC(=O)O. The summed E-state index contributed by atoms with van der Waals surface area (Å²) in [6, 6.07) is 0. The van der Waals surface area contributed by atoms with Crippen LogP contribution in [0.1, 0.15) is 90.4 Å². The third-order valence-corrected chi connectivity index (χ3v) is 3.72. The predicted molar refractivity (Wildman–Crippen MR) is 88.5 cm³/mol. The number of hydrogen-bond acceptors (Lipinski definition) is 2. The third kappa shape index (κ3) is 17.1. The van der Waals surface area contributed by atoms with Gasteiger partial charge < -0.3 is 10.2 Å². The van der Waals surface area contributed by atoms with Crippen molar-refractivity contribution in [3.63, 3.8) is 0 Å². The Bertz CT molecular complexity index is 261. The Labute approximate surface area is 130 Å². The normalized spacial score (nSPS) is 12.9. The molecule has 0 heterocycles. The Balaban J connectivity index is 3.25. The van der Waals surface area contributed by atoms with E-state index < -0.39 is 12.1 Å². The number of carbonyl (C=O) groups is 1. The molecule has 1 atom stereocenters. The Morgan fingerprint density at radius 3 is 2.10 bits per heavy atom. The van der Waals surface area contributed by atoms with Crippen LogP contribution in [-0.4, -0.2) is 22.3 Å². The summed E-state index contributed by atoms with van der Waals surface area (Å²) < 4.78 is 0. The molecule has 0 radical (unpaired) electrons. The van der Waals surface area contributed by atoms with Crippen LogP contribution in [0, 0.1) is 0 Å². The zero-order valence-electron chi connectivity index (χ0n) is 13.7. The van der Waals surface area contributed by atoms with Gasteiger partial charge in [-0.2, -0.15) is 0 Å². The number of carboxylic acids is 1. The number of aliphatic carboxylic acids is 1. The van der Waals surface area contributed by atoms with Crippen molar-refractivity contribution < 1.29 is 15.0 Å². The number of hydrogen-bond donors (Lipinski definition) is 2. The number of rotatable bonds is 15. The van der Waals surface area contributed by atoms with Gasteiger partial charge in [-0.05, 0) is 25.7 Å². The van der Waals surface area contributed by atoms with E-state index in [9.17, 15) is 9.90 Å². The summed E-state index contributed by atoms with van der Waals surface area (Å²) >= 11 is 0. The lowest BCUT2D eigenvalue weighted by Crippen LogP contribution is -2.03. The molecule has 0 saturated carbocycles. The maximum atomic E-state index is 10.3. The average molecular weight is 298 g/mol. The topological polar surface area (TPSA) is 57.5 Å². The largest absolute Gasteiger partial charge is 0.481 e. The standard InChI is InChI=1S/C18H34O3/c1-2-3-4-5-6-7-8-9-10-11-12-14-17(19)15-13-16-18(20)21/h12,14,17,19H,2-11,13,15-16H2,1H3,(H,20,21). The number of carboxylic acid groups (broad SMARTS) is 1. The van der Waals surface area contributed by atoms with E-state index in [0.29, 0.717) is 12.8 Å². The fourth-order valence-corrected chi connectivity index (χ4v) is 2.38. The molecule has 0 aromatic rings. The lowest BCUT2D eigenvalue weighted by atomic mass is 10.1. The second kappa shape index (κ2) is 15.6. The maximum Gasteiger partial charge on any atom is 0.303 e. The van der Waals surface area contributed by atoms with Crippen LogP contribution in [0.4, 0.5) is 0 Å². The second-order valence-electron chi connectivity index (χ2n) is 5.90. The van der Waals surface area contributed by atoms with E-state index >= 15 is 0 Å². The quantitative estimate of drug-likeness (QED) is 0.327. The molecule has 21 heavy (non-hydrogen) atoms. The summed E-state index contributed by atoms with van der Waals surface area (Å²) in [5.41, 5.74) is 0. The van der Waals surface area contributed by atoms with Gasteiger partial charge in [0, 0.05) is 6.42 Å². The molecule has 3 nitrogen and oxygen atoms in total. The minimum absolute atomic E-state index is 0.142. The van der Waals surface area contributed by atoms with Gasteiger partial charge in [-0.25, -0.2) is 0 Å². The molecule has 0 saturated heterocycles. The molecule has 0 aliphatic heterocycles. The fraction of sp³-hybridized carbons (Fsp3) is 0.833. The highest BCUT2D eigenvalue weighted by atomic mass is 16.4. The molecular formula is C18H34O3. The van der Waals surface area contributed by atoms with Gasteiger partial charge >= 0.3 is 5.97 Å². The van der Waals surface area contributed by atoms with Crippen molar-refractivity contribution in [1.29, 1.82) is 0 Å². The predicted octanol–water partition coefficient (Wildman–Crippen LogP) is 5.08. The minimum Gasteiger partial charge on any atom is -0.481 e. The van der Waals surface area contributed by atoms with Crippen LogP contribution in [0.2, 0.25) is 0 Å². The highest BCUT2D eigenvalue weighted by Crippen LogP contribution is 2.11. The van der Waals surface area contributed by atoms with Gasteiger partial charge in [-0.15, -0.1) is 0 Å². The first kappa shape index (κ1) is 20.2. The third-order valence-electron chi connectivity index (χ3n) is 3.72. The Morgan fingerprint density at radius 1 is 0.952 bits per heavy atom. The Hall–Kier alpha value is -0.830. The maximum absolute atomic E-state index is 10.3. The summed E-state index contributed by atoms with van der Waals surface area (Å²) in [5, 5.41) is 18.1. The van der Waals surface area contributed by atoms with Gasteiger partial charge in [-0.1, -0.05) is 70.4 Å². The van der Waals surface area contributed by atoms with Gasteiger partial charge in [0.2, 0.25) is 0 Å². The van der Waals surface area contributed by atoms with Crippen molar-refractivity contribution in [3.05, 3.63) is 12.2 Å². The molecule has 1 unspecified atom stereocenters. The molecule has 124 valence electrons. The molecular weight excluding hydrogens is 264 g/mol. The molecule has 0 spiro atoms. The van der Waals surface area contributed by atoms with E-state index in [1.54, 1.807) is 0 Å². The van der Waals surface area contributed by atoms with E-state index in [1.807, 2.05) is 12.2 Å². The molecule has 0 rings (SSSR count). The van der Waals surface area contributed by atoms with Crippen LogP contribution in [0.25, 0.3) is 0 Å². The molecule has 0 aliphatic carbocycles. The van der Waals surface area contributed by atoms with Crippen LogP contribution in [0.3, 0.4) is 0 Å². The molecule has 0 aliphatic rings. The monoisotopic (exact) mass is 298 g/mol. The summed E-state index contributed by atoms with van der Waals surface area (Å²) in [5.74, 6) is -0.791. The van der Waals surface area contributed by atoms with E-state index in [-0.39, 0.29) is 6.42 Å². The first-order valence-corrected chi connectivity index (χ1v) is 8.73. The molecule has 0 bridgehead atoms. The fourth-order valence-electron chi connectivity index (χ4n) is 2.38. The van der Waals surface area contributed by atoms with Crippen LogP contribution in [-0.2, 0) is 4.79 Å². The van der Waals surface area contributed by atoms with Crippen molar-refractivity contribution in [1.82, 2.24) is 0 Å². The molecule has 2 N–H and O–H groups in total. The lowest BCUT2D eigenvalue weighted by molar-refractivity contribution is -0.137. The van der Waals surface area contributed by atoms with Gasteiger partial charge in [0.25, 0.3) is 0 Å². The first-order valence-electron chi connectivity index (χ1n) is 8.73.